The Morgan fingerprint density at radius 3 is 2.58 bits per heavy atom. The number of hydrogen-bond acceptors (Lipinski definition) is 3. The summed E-state index contributed by atoms with van der Waals surface area (Å²) in [5.74, 6) is 2.11. The Kier molecular flexibility index (Phi) is 6.34. The van der Waals surface area contributed by atoms with E-state index in [0.717, 1.165) is 29.0 Å². The molecule has 4 nitrogen and oxygen atoms in total. The number of nitrogens with one attached hydrogen (secondary N) is 2. The highest BCUT2D eigenvalue weighted by molar-refractivity contribution is 7.99. The average molecular weight is 368 g/mol. The number of nitrogens with zero attached hydrogens (tertiary/aromatic N) is 1. The Bertz CT molecular complexity index is 812. The van der Waals surface area contributed by atoms with Crippen LogP contribution in [0.1, 0.15) is 38.6 Å². The van der Waals surface area contributed by atoms with Crippen molar-refractivity contribution in [3.8, 4) is 0 Å². The zero-order chi connectivity index (χ0) is 18.4. The van der Waals surface area contributed by atoms with E-state index in [4.69, 9.17) is 0 Å². The van der Waals surface area contributed by atoms with Crippen molar-refractivity contribution in [1.82, 2.24) is 15.3 Å². The largest absolute Gasteiger partial charge is 0.346 e. The smallest absolute Gasteiger partial charge is 0.220 e. The number of amides is 1. The minimum atomic E-state index is -0.100. The molecule has 136 valence electrons. The highest BCUT2D eigenvalue weighted by Crippen LogP contribution is 2.23. The minimum absolute atomic E-state index is 0.0813. The van der Waals surface area contributed by atoms with Crippen molar-refractivity contribution < 1.29 is 4.79 Å². The summed E-state index contributed by atoms with van der Waals surface area (Å²) in [5.41, 5.74) is 1.93. The topological polar surface area (TPSA) is 57.8 Å². The van der Waals surface area contributed by atoms with E-state index in [1.54, 1.807) is 11.8 Å². The molecule has 3 aromatic rings. The van der Waals surface area contributed by atoms with E-state index in [2.05, 4.69) is 41.3 Å². The van der Waals surface area contributed by atoms with Crippen molar-refractivity contribution in [2.45, 2.75) is 37.6 Å². The first kappa shape index (κ1) is 18.5. The number of H-pyrrole nitrogens is 1. The maximum Gasteiger partial charge on any atom is 0.220 e. The van der Waals surface area contributed by atoms with Crippen LogP contribution in [-0.2, 0) is 4.79 Å². The molecular weight excluding hydrogens is 342 g/mol. The molecule has 0 radical (unpaired) electrons. The molecule has 0 fully saturated rings. The first-order chi connectivity index (χ1) is 12.6. The van der Waals surface area contributed by atoms with Gasteiger partial charge in [0, 0.05) is 11.3 Å². The van der Waals surface area contributed by atoms with E-state index < -0.39 is 0 Å². The summed E-state index contributed by atoms with van der Waals surface area (Å²) in [6, 6.07) is 18.1. The molecule has 1 aromatic heterocycles. The summed E-state index contributed by atoms with van der Waals surface area (Å²) in [4.78, 5) is 21.6. The van der Waals surface area contributed by atoms with Crippen molar-refractivity contribution in [1.29, 1.82) is 0 Å². The summed E-state index contributed by atoms with van der Waals surface area (Å²) in [7, 11) is 0. The molecule has 1 heterocycles. The SMILES string of the molecule is CC(C)[C@H](NC(=O)CCCSc1ccccc1)c1nc2ccccc2[nH]1. The Balaban J connectivity index is 1.53. The van der Waals surface area contributed by atoms with Gasteiger partial charge in [-0.05, 0) is 42.4 Å². The number of rotatable bonds is 8. The van der Waals surface area contributed by atoms with Gasteiger partial charge in [-0.3, -0.25) is 4.79 Å². The highest BCUT2D eigenvalue weighted by Gasteiger charge is 2.21. The van der Waals surface area contributed by atoms with Gasteiger partial charge in [-0.2, -0.15) is 0 Å². The predicted octanol–water partition coefficient (Wildman–Crippen LogP) is 4.95. The molecule has 0 aliphatic rings. The molecular formula is C21H25N3OS. The molecule has 0 aliphatic carbocycles. The molecule has 2 N–H and O–H groups in total. The number of fused-ring (bicyclic) bond motifs is 1. The minimum Gasteiger partial charge on any atom is -0.346 e. The lowest BCUT2D eigenvalue weighted by Crippen LogP contribution is -2.32. The first-order valence-corrected chi connectivity index (χ1v) is 10.0. The van der Waals surface area contributed by atoms with Crippen molar-refractivity contribution >= 4 is 28.7 Å². The average Bonchev–Trinajstić information content (AvgIpc) is 3.07. The fourth-order valence-electron chi connectivity index (χ4n) is 2.86. The number of imidazole rings is 1. The van der Waals surface area contributed by atoms with E-state index >= 15 is 0 Å². The lowest BCUT2D eigenvalue weighted by molar-refractivity contribution is -0.122. The lowest BCUT2D eigenvalue weighted by atomic mass is 10.0. The number of aromatic nitrogens is 2. The third kappa shape index (κ3) is 4.88. The normalized spacial score (nSPS) is 12.4. The van der Waals surface area contributed by atoms with Gasteiger partial charge in [0.05, 0.1) is 17.1 Å². The third-order valence-corrected chi connectivity index (χ3v) is 5.34. The summed E-state index contributed by atoms with van der Waals surface area (Å²) < 4.78 is 0. The van der Waals surface area contributed by atoms with Gasteiger partial charge in [0.1, 0.15) is 5.82 Å². The van der Waals surface area contributed by atoms with E-state index in [1.165, 1.54) is 4.90 Å². The number of carbonyl (C=O) groups excluding carboxylic acids is 1. The second kappa shape index (κ2) is 8.90. The monoisotopic (exact) mass is 367 g/mol. The molecule has 3 rings (SSSR count). The summed E-state index contributed by atoms with van der Waals surface area (Å²) in [5, 5.41) is 3.15. The van der Waals surface area contributed by atoms with Gasteiger partial charge >= 0.3 is 0 Å². The third-order valence-electron chi connectivity index (χ3n) is 4.25. The Hall–Kier alpha value is -2.27. The van der Waals surface area contributed by atoms with Crippen LogP contribution in [0.4, 0.5) is 0 Å². The highest BCUT2D eigenvalue weighted by atomic mass is 32.2. The maximum atomic E-state index is 12.4. The van der Waals surface area contributed by atoms with Crippen molar-refractivity contribution in [2.24, 2.45) is 5.92 Å². The van der Waals surface area contributed by atoms with Crippen LogP contribution >= 0.6 is 11.8 Å². The summed E-state index contributed by atoms with van der Waals surface area (Å²) in [6.07, 6.45) is 1.39. The predicted molar refractivity (Wildman–Crippen MR) is 108 cm³/mol. The molecule has 2 aromatic carbocycles. The van der Waals surface area contributed by atoms with Gasteiger partial charge < -0.3 is 10.3 Å². The fourth-order valence-corrected chi connectivity index (χ4v) is 3.73. The van der Waals surface area contributed by atoms with E-state index in [0.29, 0.717) is 6.42 Å². The van der Waals surface area contributed by atoms with Crippen LogP contribution in [0.25, 0.3) is 11.0 Å². The molecule has 0 aliphatic heterocycles. The maximum absolute atomic E-state index is 12.4. The summed E-state index contributed by atoms with van der Waals surface area (Å²) >= 11 is 1.79. The van der Waals surface area contributed by atoms with Crippen LogP contribution < -0.4 is 5.32 Å². The number of benzene rings is 2. The zero-order valence-electron chi connectivity index (χ0n) is 15.2. The van der Waals surface area contributed by atoms with E-state index in [1.807, 2.05) is 42.5 Å². The standard InChI is InChI=1S/C21H25N3OS/c1-15(2)20(21-22-17-11-6-7-12-18(17)23-21)24-19(25)13-8-14-26-16-9-4-3-5-10-16/h3-7,9-12,15,20H,8,13-14H2,1-2H3,(H,22,23)(H,24,25)/t20-/m0/s1. The second-order valence-corrected chi connectivity index (χ2v) is 7.86. The molecule has 5 heteroatoms. The molecule has 0 saturated heterocycles. The summed E-state index contributed by atoms with van der Waals surface area (Å²) in [6.45, 7) is 4.20. The van der Waals surface area contributed by atoms with Crippen LogP contribution in [0.2, 0.25) is 0 Å². The van der Waals surface area contributed by atoms with Gasteiger partial charge in [-0.25, -0.2) is 4.98 Å². The first-order valence-electron chi connectivity index (χ1n) is 9.05. The van der Waals surface area contributed by atoms with Crippen molar-refractivity contribution in [3.05, 3.63) is 60.4 Å². The molecule has 1 amide bonds. The molecule has 0 spiro atoms. The van der Waals surface area contributed by atoms with E-state index in [9.17, 15) is 4.79 Å². The lowest BCUT2D eigenvalue weighted by Gasteiger charge is -2.20. The van der Waals surface area contributed by atoms with Crippen molar-refractivity contribution in [2.75, 3.05) is 5.75 Å². The molecule has 0 unspecified atom stereocenters. The molecule has 26 heavy (non-hydrogen) atoms. The zero-order valence-corrected chi connectivity index (χ0v) is 16.1. The fraction of sp³-hybridized carbons (Fsp3) is 0.333. The van der Waals surface area contributed by atoms with Gasteiger partial charge in [-0.15, -0.1) is 11.8 Å². The van der Waals surface area contributed by atoms with Crippen LogP contribution in [-0.4, -0.2) is 21.6 Å². The van der Waals surface area contributed by atoms with Gasteiger partial charge in [0.2, 0.25) is 5.91 Å². The Labute approximate surface area is 158 Å². The van der Waals surface area contributed by atoms with Crippen molar-refractivity contribution in [3.63, 3.8) is 0 Å². The number of thioether (sulfide) groups is 1. The number of hydrogen-bond donors (Lipinski definition) is 2. The van der Waals surface area contributed by atoms with Gasteiger partial charge in [-0.1, -0.05) is 44.2 Å². The number of aromatic amines is 1. The number of carbonyl (C=O) groups is 1. The molecule has 0 bridgehead atoms. The van der Waals surface area contributed by atoms with Gasteiger partial charge in [0.15, 0.2) is 0 Å². The van der Waals surface area contributed by atoms with Crippen LogP contribution in [0.15, 0.2) is 59.5 Å². The van der Waals surface area contributed by atoms with Crippen LogP contribution in [0.5, 0.6) is 0 Å². The Morgan fingerprint density at radius 1 is 1.12 bits per heavy atom. The quantitative estimate of drug-likeness (QED) is 0.437. The molecule has 0 saturated carbocycles. The second-order valence-electron chi connectivity index (χ2n) is 6.69. The van der Waals surface area contributed by atoms with Crippen LogP contribution in [0, 0.1) is 5.92 Å². The van der Waals surface area contributed by atoms with Gasteiger partial charge in [0.25, 0.3) is 0 Å². The molecule has 1 atom stereocenters. The van der Waals surface area contributed by atoms with Crippen LogP contribution in [0.3, 0.4) is 0 Å². The van der Waals surface area contributed by atoms with E-state index in [-0.39, 0.29) is 17.9 Å². The number of para-hydroxylation sites is 2. The Morgan fingerprint density at radius 2 is 1.85 bits per heavy atom.